The number of halogens is 1. The van der Waals surface area contributed by atoms with Crippen LogP contribution in [0.4, 0.5) is 0 Å². The summed E-state index contributed by atoms with van der Waals surface area (Å²) in [5, 5.41) is 0.542. The first kappa shape index (κ1) is 21.8. The van der Waals surface area contributed by atoms with Gasteiger partial charge in [0.05, 0.1) is 23.7 Å². The van der Waals surface area contributed by atoms with E-state index < -0.39 is 6.10 Å². The van der Waals surface area contributed by atoms with E-state index in [9.17, 15) is 4.79 Å². The normalized spacial score (nSPS) is 17.6. The van der Waals surface area contributed by atoms with Gasteiger partial charge in [0.15, 0.2) is 6.10 Å². The Kier molecular flexibility index (Phi) is 6.32. The topological polar surface area (TPSA) is 43.7 Å². The summed E-state index contributed by atoms with van der Waals surface area (Å²) in [5.41, 5.74) is 4.10. The van der Waals surface area contributed by atoms with Crippen LogP contribution in [0.5, 0.6) is 5.75 Å². The van der Waals surface area contributed by atoms with Crippen LogP contribution in [0.3, 0.4) is 0 Å². The summed E-state index contributed by atoms with van der Waals surface area (Å²) in [6, 6.07) is 18.0. The van der Waals surface area contributed by atoms with Crippen molar-refractivity contribution in [2.75, 3.05) is 21.2 Å². The Morgan fingerprint density at radius 3 is 2.52 bits per heavy atom. The number of ether oxygens (including phenoxy) is 2. The first-order chi connectivity index (χ1) is 14.9. The van der Waals surface area contributed by atoms with Crippen molar-refractivity contribution in [3.05, 3.63) is 76.6 Å². The molecular formula is C24H25ClN2O3S. The molecule has 0 saturated carbocycles. The van der Waals surface area contributed by atoms with Gasteiger partial charge < -0.3 is 18.9 Å². The lowest BCUT2D eigenvalue weighted by Crippen LogP contribution is -2.19. The Bertz CT molecular complexity index is 1090. The zero-order valence-electron chi connectivity index (χ0n) is 18.0. The molecule has 0 amide bonds. The Morgan fingerprint density at radius 1 is 1.13 bits per heavy atom. The fraction of sp³-hybridized carbons (Fsp3) is 0.292. The number of carbonyl (C=O) groups excluding carboxylic acids is 1. The minimum atomic E-state index is -0.460. The van der Waals surface area contributed by atoms with Gasteiger partial charge in [0.2, 0.25) is 0 Å². The second-order valence-corrected chi connectivity index (χ2v) is 9.40. The van der Waals surface area contributed by atoms with E-state index >= 15 is 0 Å². The minimum Gasteiger partial charge on any atom is -0.497 e. The van der Waals surface area contributed by atoms with E-state index in [4.69, 9.17) is 21.1 Å². The molecule has 1 aliphatic rings. The molecule has 0 fully saturated rings. The lowest BCUT2D eigenvalue weighted by molar-refractivity contribution is -0.147. The standard InChI is InChI=1S/C24H25ClN2O3S/c1-15(28)30-23-20-11-8-18(14-26(2)3)27(20)21-13-17(25)7-12-22(21)31-24(23)16-5-9-19(29-4)10-6-16/h5-13,23-24H,14H2,1-4H3/t23-,24-/m1/s1. The van der Waals surface area contributed by atoms with Gasteiger partial charge in [-0.3, -0.25) is 4.79 Å². The van der Waals surface area contributed by atoms with Crippen LogP contribution in [0.15, 0.2) is 59.5 Å². The Hall–Kier alpha value is -2.41. The van der Waals surface area contributed by atoms with Crippen molar-refractivity contribution in [3.63, 3.8) is 0 Å². The quantitative estimate of drug-likeness (QED) is 0.464. The van der Waals surface area contributed by atoms with Crippen molar-refractivity contribution in [2.45, 2.75) is 29.7 Å². The summed E-state index contributed by atoms with van der Waals surface area (Å²) in [6.07, 6.45) is -0.460. The highest BCUT2D eigenvalue weighted by atomic mass is 35.5. The number of carbonyl (C=O) groups is 1. The van der Waals surface area contributed by atoms with Gasteiger partial charge in [-0.25, -0.2) is 0 Å². The van der Waals surface area contributed by atoms with Crippen molar-refractivity contribution in [2.24, 2.45) is 0 Å². The van der Waals surface area contributed by atoms with E-state index in [2.05, 4.69) is 21.6 Å². The van der Waals surface area contributed by atoms with E-state index in [1.807, 2.05) is 56.6 Å². The lowest BCUT2D eigenvalue weighted by Gasteiger charge is -2.25. The molecule has 0 aliphatic carbocycles. The molecule has 4 rings (SSSR count). The third-order valence-electron chi connectivity index (χ3n) is 5.19. The number of hydrogen-bond donors (Lipinski definition) is 0. The summed E-state index contributed by atoms with van der Waals surface area (Å²) in [7, 11) is 5.72. The average molecular weight is 457 g/mol. The Morgan fingerprint density at radius 2 is 1.87 bits per heavy atom. The van der Waals surface area contributed by atoms with Crippen molar-refractivity contribution in [1.29, 1.82) is 0 Å². The number of esters is 1. The maximum absolute atomic E-state index is 12.1. The molecule has 0 N–H and O–H groups in total. The highest BCUT2D eigenvalue weighted by Crippen LogP contribution is 2.51. The molecule has 0 unspecified atom stereocenters. The summed E-state index contributed by atoms with van der Waals surface area (Å²) >= 11 is 8.08. The summed E-state index contributed by atoms with van der Waals surface area (Å²) in [6.45, 7) is 2.20. The minimum absolute atomic E-state index is 0.127. The van der Waals surface area contributed by atoms with Gasteiger partial charge in [-0.1, -0.05) is 23.7 Å². The maximum Gasteiger partial charge on any atom is 0.303 e. The van der Waals surface area contributed by atoms with Gasteiger partial charge >= 0.3 is 5.97 Å². The molecule has 0 saturated heterocycles. The molecule has 7 heteroatoms. The van der Waals surface area contributed by atoms with Gasteiger partial charge in [-0.15, -0.1) is 11.8 Å². The van der Waals surface area contributed by atoms with E-state index in [1.165, 1.54) is 6.92 Å². The van der Waals surface area contributed by atoms with E-state index in [-0.39, 0.29) is 11.2 Å². The molecule has 0 spiro atoms. The molecule has 3 aromatic rings. The molecule has 2 atom stereocenters. The largest absolute Gasteiger partial charge is 0.497 e. The number of methoxy groups -OCH3 is 1. The van der Waals surface area contributed by atoms with Gasteiger partial charge in [0.25, 0.3) is 0 Å². The second kappa shape index (κ2) is 8.99. The van der Waals surface area contributed by atoms with Crippen LogP contribution in [-0.2, 0) is 16.1 Å². The summed E-state index contributed by atoms with van der Waals surface area (Å²) in [4.78, 5) is 15.3. The zero-order chi connectivity index (χ0) is 22.1. The molecule has 2 heterocycles. The monoisotopic (exact) mass is 456 g/mol. The van der Waals surface area contributed by atoms with Gasteiger partial charge in [0.1, 0.15) is 5.75 Å². The van der Waals surface area contributed by atoms with Crippen LogP contribution >= 0.6 is 23.4 Å². The van der Waals surface area contributed by atoms with Gasteiger partial charge in [0, 0.05) is 29.1 Å². The molecule has 162 valence electrons. The highest BCUT2D eigenvalue weighted by molar-refractivity contribution is 7.99. The van der Waals surface area contributed by atoms with Gasteiger partial charge in [-0.2, -0.15) is 0 Å². The van der Waals surface area contributed by atoms with Crippen molar-refractivity contribution in [1.82, 2.24) is 9.47 Å². The van der Waals surface area contributed by atoms with Crippen molar-refractivity contribution < 1.29 is 14.3 Å². The molecule has 31 heavy (non-hydrogen) atoms. The number of thioether (sulfide) groups is 1. The smallest absolute Gasteiger partial charge is 0.303 e. The number of benzene rings is 2. The third kappa shape index (κ3) is 4.47. The molecule has 5 nitrogen and oxygen atoms in total. The van der Waals surface area contributed by atoms with Crippen LogP contribution in [0.1, 0.15) is 35.2 Å². The zero-order valence-corrected chi connectivity index (χ0v) is 19.5. The Balaban J connectivity index is 1.92. The van der Waals surface area contributed by atoms with Crippen molar-refractivity contribution in [3.8, 4) is 11.4 Å². The average Bonchev–Trinajstić information content (AvgIpc) is 3.08. The molecule has 1 aromatic heterocycles. The van der Waals surface area contributed by atoms with E-state index in [1.54, 1.807) is 18.9 Å². The van der Waals surface area contributed by atoms with Crippen LogP contribution in [0, 0.1) is 0 Å². The first-order valence-electron chi connectivity index (χ1n) is 10.0. The molecule has 0 bridgehead atoms. The van der Waals surface area contributed by atoms with Crippen LogP contribution in [-0.4, -0.2) is 36.6 Å². The van der Waals surface area contributed by atoms with Gasteiger partial charge in [-0.05, 0) is 62.1 Å². The van der Waals surface area contributed by atoms with Crippen LogP contribution in [0.25, 0.3) is 5.69 Å². The second-order valence-electron chi connectivity index (χ2n) is 7.78. The summed E-state index contributed by atoms with van der Waals surface area (Å²) < 4.78 is 13.5. The SMILES string of the molecule is COc1ccc([C@H]2Sc3ccc(Cl)cc3-n3c(CN(C)C)ccc3[C@H]2OC(C)=O)cc1. The number of nitrogens with zero attached hydrogens (tertiary/aromatic N) is 2. The first-order valence-corrected chi connectivity index (χ1v) is 11.3. The Labute approximate surface area is 191 Å². The van der Waals surface area contributed by atoms with E-state index in [0.29, 0.717) is 5.02 Å². The summed E-state index contributed by atoms with van der Waals surface area (Å²) in [5.74, 6) is 0.477. The molecule has 1 aliphatic heterocycles. The highest BCUT2D eigenvalue weighted by Gasteiger charge is 2.36. The maximum atomic E-state index is 12.1. The van der Waals surface area contributed by atoms with Crippen LogP contribution < -0.4 is 4.74 Å². The third-order valence-corrected chi connectivity index (χ3v) is 6.80. The van der Waals surface area contributed by atoms with E-state index in [0.717, 1.165) is 39.8 Å². The number of fused-ring (bicyclic) bond motifs is 3. The number of hydrogen-bond acceptors (Lipinski definition) is 5. The van der Waals surface area contributed by atoms with Crippen LogP contribution in [0.2, 0.25) is 5.02 Å². The molecule has 2 aromatic carbocycles. The number of aromatic nitrogens is 1. The molecular weight excluding hydrogens is 432 g/mol. The van der Waals surface area contributed by atoms with Crippen molar-refractivity contribution >= 4 is 29.3 Å². The predicted octanol–water partition coefficient (Wildman–Crippen LogP) is 5.65. The number of rotatable bonds is 5. The predicted molar refractivity (Wildman–Crippen MR) is 124 cm³/mol. The fourth-order valence-corrected chi connectivity index (χ4v) is 5.39. The lowest BCUT2D eigenvalue weighted by atomic mass is 10.0. The fourth-order valence-electron chi connectivity index (χ4n) is 3.92. The molecule has 0 radical (unpaired) electrons.